The van der Waals surface area contributed by atoms with Crippen LogP contribution in [-0.2, 0) is 4.74 Å². The molecule has 0 heterocycles. The van der Waals surface area contributed by atoms with E-state index < -0.39 is 0 Å². The van der Waals surface area contributed by atoms with Crippen LogP contribution in [-0.4, -0.2) is 18.7 Å². The van der Waals surface area contributed by atoms with Gasteiger partial charge in [0.1, 0.15) is 5.75 Å². The van der Waals surface area contributed by atoms with Crippen molar-refractivity contribution in [1.82, 2.24) is 0 Å². The number of benzene rings is 1. The maximum Gasteiger partial charge on any atom is 0.339 e. The summed E-state index contributed by atoms with van der Waals surface area (Å²) in [5, 5.41) is 0. The molecular formula is C20H28O3. The van der Waals surface area contributed by atoms with Crippen LogP contribution >= 0.6 is 0 Å². The third-order valence-corrected chi connectivity index (χ3v) is 3.40. The molecular weight excluding hydrogens is 288 g/mol. The van der Waals surface area contributed by atoms with Gasteiger partial charge in [0.05, 0.1) is 11.7 Å². The smallest absolute Gasteiger partial charge is 0.339 e. The monoisotopic (exact) mass is 316 g/mol. The van der Waals surface area contributed by atoms with Gasteiger partial charge in [-0.2, -0.15) is 0 Å². The van der Waals surface area contributed by atoms with E-state index in [1.54, 1.807) is 12.1 Å². The van der Waals surface area contributed by atoms with E-state index >= 15 is 0 Å². The van der Waals surface area contributed by atoms with Crippen LogP contribution in [0.3, 0.4) is 0 Å². The Morgan fingerprint density at radius 2 is 1.78 bits per heavy atom. The second-order valence-corrected chi connectivity index (χ2v) is 6.06. The van der Waals surface area contributed by atoms with Gasteiger partial charge in [-0.1, -0.05) is 33.1 Å². The molecule has 1 atom stereocenters. The molecule has 126 valence electrons. The van der Waals surface area contributed by atoms with Gasteiger partial charge in [0, 0.05) is 6.42 Å². The molecule has 0 aliphatic rings. The number of carbonyl (C=O) groups excluding carboxylic acids is 1. The van der Waals surface area contributed by atoms with E-state index in [9.17, 15) is 4.79 Å². The summed E-state index contributed by atoms with van der Waals surface area (Å²) in [4.78, 5) is 11.8. The highest BCUT2D eigenvalue weighted by Crippen LogP contribution is 2.17. The predicted octanol–water partition coefficient (Wildman–Crippen LogP) is 4.85. The zero-order valence-corrected chi connectivity index (χ0v) is 14.7. The van der Waals surface area contributed by atoms with Crippen LogP contribution < -0.4 is 4.74 Å². The van der Waals surface area contributed by atoms with Crippen molar-refractivity contribution in [1.29, 1.82) is 0 Å². The lowest BCUT2D eigenvalue weighted by molar-refractivity contribution is 0.0556. The molecule has 0 radical (unpaired) electrons. The number of esters is 1. The summed E-state index contributed by atoms with van der Waals surface area (Å²) in [5.41, 5.74) is 0.517. The molecule has 0 aliphatic heterocycles. The first-order valence-electron chi connectivity index (χ1n) is 8.42. The number of carbonyl (C=O) groups is 1. The van der Waals surface area contributed by atoms with Gasteiger partial charge in [-0.3, -0.25) is 0 Å². The average molecular weight is 316 g/mol. The molecule has 0 fully saturated rings. The fraction of sp³-hybridized carbons (Fsp3) is 0.550. The number of hydrogen-bond acceptors (Lipinski definition) is 3. The van der Waals surface area contributed by atoms with Gasteiger partial charge in [-0.05, 0) is 49.9 Å². The topological polar surface area (TPSA) is 35.5 Å². The predicted molar refractivity (Wildman–Crippen MR) is 93.6 cm³/mol. The molecule has 0 spiro atoms. The molecule has 1 unspecified atom stereocenters. The first-order chi connectivity index (χ1) is 11.0. The van der Waals surface area contributed by atoms with Crippen LogP contribution in [0.4, 0.5) is 0 Å². The highest BCUT2D eigenvalue weighted by atomic mass is 16.5. The van der Waals surface area contributed by atoms with E-state index in [0.29, 0.717) is 5.56 Å². The van der Waals surface area contributed by atoms with Crippen molar-refractivity contribution < 1.29 is 14.3 Å². The molecule has 3 heteroatoms. The van der Waals surface area contributed by atoms with Crippen molar-refractivity contribution >= 4 is 5.97 Å². The molecule has 0 amide bonds. The normalized spacial score (nSPS) is 11.5. The van der Waals surface area contributed by atoms with E-state index in [-0.39, 0.29) is 18.7 Å². The molecule has 3 nitrogen and oxygen atoms in total. The van der Waals surface area contributed by atoms with Gasteiger partial charge in [0.15, 0.2) is 6.61 Å². The second-order valence-electron chi connectivity index (χ2n) is 6.06. The van der Waals surface area contributed by atoms with Gasteiger partial charge in [-0.25, -0.2) is 4.79 Å². The fourth-order valence-corrected chi connectivity index (χ4v) is 2.14. The van der Waals surface area contributed by atoms with Crippen LogP contribution in [0.2, 0.25) is 0 Å². The Hall–Kier alpha value is -1.95. The third-order valence-electron chi connectivity index (χ3n) is 3.40. The molecule has 23 heavy (non-hydrogen) atoms. The summed E-state index contributed by atoms with van der Waals surface area (Å²) in [7, 11) is 0. The Morgan fingerprint density at radius 1 is 1.09 bits per heavy atom. The van der Waals surface area contributed by atoms with Gasteiger partial charge in [0.2, 0.25) is 0 Å². The minimum Gasteiger partial charge on any atom is -0.491 e. The van der Waals surface area contributed by atoms with Crippen LogP contribution in [0.5, 0.6) is 5.75 Å². The van der Waals surface area contributed by atoms with Crippen molar-refractivity contribution in [2.45, 2.75) is 59.5 Å². The molecule has 0 saturated heterocycles. The Kier molecular flexibility index (Phi) is 8.90. The molecule has 0 N–H and O–H groups in total. The molecule has 0 bridgehead atoms. The van der Waals surface area contributed by atoms with Gasteiger partial charge >= 0.3 is 5.97 Å². The largest absolute Gasteiger partial charge is 0.491 e. The number of ether oxygens (including phenoxy) is 2. The highest BCUT2D eigenvalue weighted by molar-refractivity contribution is 5.89. The molecule has 1 aromatic rings. The highest BCUT2D eigenvalue weighted by Gasteiger charge is 2.08. The Labute approximate surface area is 140 Å². The molecule has 0 saturated carbocycles. The fourth-order valence-electron chi connectivity index (χ4n) is 2.14. The van der Waals surface area contributed by atoms with Crippen LogP contribution in [0.25, 0.3) is 0 Å². The zero-order chi connectivity index (χ0) is 17.1. The van der Waals surface area contributed by atoms with E-state index in [0.717, 1.165) is 24.5 Å². The maximum absolute atomic E-state index is 11.8. The lowest BCUT2D eigenvalue weighted by Gasteiger charge is -2.15. The zero-order valence-electron chi connectivity index (χ0n) is 14.7. The first kappa shape index (κ1) is 19.1. The lowest BCUT2D eigenvalue weighted by atomic mass is 10.0. The van der Waals surface area contributed by atoms with Crippen molar-refractivity contribution in [3.8, 4) is 17.6 Å². The minimum atomic E-state index is -0.355. The minimum absolute atomic E-state index is 0.137. The lowest BCUT2D eigenvalue weighted by Crippen LogP contribution is -2.12. The van der Waals surface area contributed by atoms with E-state index in [1.807, 2.05) is 19.1 Å². The second kappa shape index (κ2) is 10.7. The molecule has 0 aromatic heterocycles. The summed E-state index contributed by atoms with van der Waals surface area (Å²) >= 11 is 0. The van der Waals surface area contributed by atoms with Crippen molar-refractivity contribution in [2.75, 3.05) is 6.61 Å². The summed E-state index contributed by atoms with van der Waals surface area (Å²) < 4.78 is 10.9. The average Bonchev–Trinajstić information content (AvgIpc) is 2.51. The van der Waals surface area contributed by atoms with E-state index in [1.165, 1.54) is 12.8 Å². The first-order valence-corrected chi connectivity index (χ1v) is 8.42. The Balaban J connectivity index is 2.41. The van der Waals surface area contributed by atoms with Gasteiger partial charge in [-0.15, -0.1) is 5.92 Å². The maximum atomic E-state index is 11.8. The standard InChI is InChI=1S/C20H28O3/c1-5-6-7-15-22-20(21)18-11-13-19(14-12-18)23-17(4)10-8-9-16(2)3/h11-14,16-17H,5,8-10,15H2,1-4H3. The quantitative estimate of drug-likeness (QED) is 0.508. The summed E-state index contributed by atoms with van der Waals surface area (Å²) in [6.07, 6.45) is 4.37. The van der Waals surface area contributed by atoms with Crippen molar-refractivity contribution in [3.63, 3.8) is 0 Å². The SMILES string of the molecule is CCC#CCOC(=O)c1ccc(OC(C)CCCC(C)C)cc1. The number of hydrogen-bond donors (Lipinski definition) is 0. The van der Waals surface area contributed by atoms with Crippen LogP contribution in [0.15, 0.2) is 24.3 Å². The summed E-state index contributed by atoms with van der Waals surface area (Å²) in [6.45, 7) is 8.64. The van der Waals surface area contributed by atoms with E-state index in [4.69, 9.17) is 9.47 Å². The molecule has 1 rings (SSSR count). The molecule has 1 aromatic carbocycles. The van der Waals surface area contributed by atoms with Gasteiger partial charge in [0.25, 0.3) is 0 Å². The Bertz CT molecular complexity index is 520. The summed E-state index contributed by atoms with van der Waals surface area (Å²) in [5.74, 6) is 6.80. The van der Waals surface area contributed by atoms with Crippen LogP contribution in [0, 0.1) is 17.8 Å². The Morgan fingerprint density at radius 3 is 2.39 bits per heavy atom. The number of rotatable bonds is 8. The molecule has 0 aliphatic carbocycles. The third kappa shape index (κ3) is 8.30. The summed E-state index contributed by atoms with van der Waals surface area (Å²) in [6, 6.07) is 7.08. The van der Waals surface area contributed by atoms with Crippen molar-refractivity contribution in [2.24, 2.45) is 5.92 Å². The van der Waals surface area contributed by atoms with Crippen LogP contribution in [0.1, 0.15) is 63.7 Å². The van der Waals surface area contributed by atoms with Gasteiger partial charge < -0.3 is 9.47 Å². The van der Waals surface area contributed by atoms with E-state index in [2.05, 4.69) is 32.6 Å². The van der Waals surface area contributed by atoms with Crippen molar-refractivity contribution in [3.05, 3.63) is 29.8 Å².